The molecule has 0 aromatic carbocycles. The molecule has 1 fully saturated rings. The molecule has 96 valence electrons. The third-order valence-corrected chi connectivity index (χ3v) is 3.49. The molecule has 5 heteroatoms. The number of aromatic amines is 1. The van der Waals surface area contributed by atoms with Crippen LogP contribution in [-0.4, -0.2) is 34.1 Å². The lowest BCUT2D eigenvalue weighted by atomic mass is 9.93. The number of aromatic nitrogens is 2. The van der Waals surface area contributed by atoms with Crippen molar-refractivity contribution in [2.45, 2.75) is 38.0 Å². The molecule has 0 radical (unpaired) electrons. The number of unbranched alkanes of at least 4 members (excludes halogenated alkanes) is 1. The summed E-state index contributed by atoms with van der Waals surface area (Å²) in [6.07, 6.45) is 5.40. The van der Waals surface area contributed by atoms with E-state index in [1.807, 2.05) is 11.0 Å². The minimum Gasteiger partial charge on any atom is -0.343 e. The van der Waals surface area contributed by atoms with Crippen molar-refractivity contribution >= 4 is 5.91 Å². The van der Waals surface area contributed by atoms with Crippen LogP contribution in [0.4, 0.5) is 0 Å². The summed E-state index contributed by atoms with van der Waals surface area (Å²) in [5.41, 5.74) is 1.17. The Labute approximate surface area is 107 Å². The molecular formula is C13H18N4O. The maximum atomic E-state index is 11.9. The molecule has 18 heavy (non-hydrogen) atoms. The van der Waals surface area contributed by atoms with E-state index in [-0.39, 0.29) is 5.91 Å². The van der Waals surface area contributed by atoms with Gasteiger partial charge in [0.25, 0.3) is 0 Å². The smallest absolute Gasteiger partial charge is 0.222 e. The highest BCUT2D eigenvalue weighted by Crippen LogP contribution is 2.26. The summed E-state index contributed by atoms with van der Waals surface area (Å²) in [4.78, 5) is 13.8. The van der Waals surface area contributed by atoms with E-state index < -0.39 is 0 Å². The van der Waals surface area contributed by atoms with Gasteiger partial charge in [0, 0.05) is 43.7 Å². The highest BCUT2D eigenvalue weighted by molar-refractivity contribution is 5.76. The number of piperidine rings is 1. The monoisotopic (exact) mass is 246 g/mol. The number of nitrogens with one attached hydrogen (secondary N) is 1. The second-order valence-corrected chi connectivity index (χ2v) is 4.68. The molecule has 1 N–H and O–H groups in total. The number of H-pyrrole nitrogens is 1. The van der Waals surface area contributed by atoms with Crippen LogP contribution in [-0.2, 0) is 4.79 Å². The predicted molar refractivity (Wildman–Crippen MR) is 66.6 cm³/mol. The average molecular weight is 246 g/mol. The van der Waals surface area contributed by atoms with Gasteiger partial charge < -0.3 is 4.90 Å². The number of nitrogens with zero attached hydrogens (tertiary/aromatic N) is 3. The van der Waals surface area contributed by atoms with Gasteiger partial charge in [0.2, 0.25) is 5.91 Å². The summed E-state index contributed by atoms with van der Waals surface area (Å²) in [6.45, 7) is 1.63. The van der Waals surface area contributed by atoms with Crippen LogP contribution in [0.2, 0.25) is 0 Å². The number of carbonyl (C=O) groups excluding carboxylic acids is 1. The Morgan fingerprint density at radius 1 is 1.56 bits per heavy atom. The molecule has 2 rings (SSSR count). The van der Waals surface area contributed by atoms with E-state index in [1.54, 1.807) is 6.20 Å². The molecule has 1 aliphatic heterocycles. The van der Waals surface area contributed by atoms with Gasteiger partial charge in [-0.1, -0.05) is 0 Å². The molecule has 0 unspecified atom stereocenters. The normalized spacial score (nSPS) is 16.5. The molecule has 0 atom stereocenters. The van der Waals surface area contributed by atoms with E-state index in [1.165, 1.54) is 5.69 Å². The Kier molecular flexibility index (Phi) is 4.35. The van der Waals surface area contributed by atoms with Crippen LogP contribution in [0.25, 0.3) is 0 Å². The van der Waals surface area contributed by atoms with Gasteiger partial charge in [-0.05, 0) is 25.3 Å². The van der Waals surface area contributed by atoms with E-state index in [9.17, 15) is 4.79 Å². The minimum atomic E-state index is 0.188. The predicted octanol–water partition coefficient (Wildman–Crippen LogP) is 1.81. The summed E-state index contributed by atoms with van der Waals surface area (Å²) in [5.74, 6) is 0.684. The van der Waals surface area contributed by atoms with Gasteiger partial charge in [-0.25, -0.2) is 0 Å². The van der Waals surface area contributed by atoms with E-state index >= 15 is 0 Å². The van der Waals surface area contributed by atoms with Crippen molar-refractivity contribution in [1.82, 2.24) is 15.1 Å². The van der Waals surface area contributed by atoms with E-state index in [2.05, 4.69) is 16.3 Å². The maximum absolute atomic E-state index is 11.9. The van der Waals surface area contributed by atoms with Crippen molar-refractivity contribution in [3.63, 3.8) is 0 Å². The molecule has 0 aliphatic carbocycles. The molecular weight excluding hydrogens is 228 g/mol. The van der Waals surface area contributed by atoms with Crippen molar-refractivity contribution in [3.8, 4) is 6.07 Å². The summed E-state index contributed by atoms with van der Waals surface area (Å²) in [6, 6.07) is 4.08. The summed E-state index contributed by atoms with van der Waals surface area (Å²) >= 11 is 0. The highest BCUT2D eigenvalue weighted by Gasteiger charge is 2.23. The molecule has 1 amide bonds. The van der Waals surface area contributed by atoms with Gasteiger partial charge in [0.1, 0.15) is 0 Å². The van der Waals surface area contributed by atoms with Crippen LogP contribution in [0.1, 0.15) is 43.7 Å². The Morgan fingerprint density at radius 2 is 2.33 bits per heavy atom. The summed E-state index contributed by atoms with van der Waals surface area (Å²) < 4.78 is 0. The fraction of sp³-hybridized carbons (Fsp3) is 0.615. The first-order chi connectivity index (χ1) is 8.81. The zero-order valence-corrected chi connectivity index (χ0v) is 10.4. The van der Waals surface area contributed by atoms with Gasteiger partial charge in [-0.15, -0.1) is 0 Å². The molecule has 0 bridgehead atoms. The quantitative estimate of drug-likeness (QED) is 0.823. The summed E-state index contributed by atoms with van der Waals surface area (Å²) in [5, 5.41) is 15.4. The zero-order valence-electron chi connectivity index (χ0n) is 10.4. The lowest BCUT2D eigenvalue weighted by molar-refractivity contribution is -0.132. The topological polar surface area (TPSA) is 72.8 Å². The molecule has 0 spiro atoms. The number of nitriles is 1. The van der Waals surface area contributed by atoms with Crippen molar-refractivity contribution in [3.05, 3.63) is 18.0 Å². The lowest BCUT2D eigenvalue weighted by Gasteiger charge is -2.31. The number of hydrogen-bond acceptors (Lipinski definition) is 3. The number of rotatable bonds is 4. The first kappa shape index (κ1) is 12.6. The third-order valence-electron chi connectivity index (χ3n) is 3.49. The van der Waals surface area contributed by atoms with Crippen LogP contribution in [0.15, 0.2) is 12.3 Å². The lowest BCUT2D eigenvalue weighted by Crippen LogP contribution is -2.37. The van der Waals surface area contributed by atoms with Crippen LogP contribution >= 0.6 is 0 Å². The standard InChI is InChI=1S/C13H18N4O/c14-7-2-1-3-13(18)17-9-5-11(6-10-17)12-4-8-15-16-12/h4,8,11H,1-3,5-6,9-10H2,(H,15,16). The fourth-order valence-electron chi connectivity index (χ4n) is 2.41. The summed E-state index contributed by atoms with van der Waals surface area (Å²) in [7, 11) is 0. The SMILES string of the molecule is N#CCCCC(=O)N1CCC(c2ccn[nH]2)CC1. The van der Waals surface area contributed by atoms with Gasteiger partial charge in [-0.3, -0.25) is 9.89 Å². The Balaban J connectivity index is 1.76. The van der Waals surface area contributed by atoms with Crippen LogP contribution in [0.5, 0.6) is 0 Å². The Hall–Kier alpha value is -1.83. The first-order valence-electron chi connectivity index (χ1n) is 6.45. The van der Waals surface area contributed by atoms with Crippen LogP contribution in [0.3, 0.4) is 0 Å². The van der Waals surface area contributed by atoms with E-state index in [0.29, 0.717) is 25.2 Å². The molecule has 1 saturated heterocycles. The van der Waals surface area contributed by atoms with Gasteiger partial charge in [-0.2, -0.15) is 10.4 Å². The first-order valence-corrected chi connectivity index (χ1v) is 6.45. The van der Waals surface area contributed by atoms with E-state index in [0.717, 1.165) is 25.9 Å². The van der Waals surface area contributed by atoms with Crippen molar-refractivity contribution in [2.75, 3.05) is 13.1 Å². The van der Waals surface area contributed by atoms with Gasteiger partial charge >= 0.3 is 0 Å². The maximum Gasteiger partial charge on any atom is 0.222 e. The Bertz CT molecular complexity index is 413. The van der Waals surface area contributed by atoms with Crippen LogP contribution in [0, 0.1) is 11.3 Å². The van der Waals surface area contributed by atoms with Crippen molar-refractivity contribution < 1.29 is 4.79 Å². The minimum absolute atomic E-state index is 0.188. The van der Waals surface area contributed by atoms with E-state index in [4.69, 9.17) is 5.26 Å². The molecule has 1 aromatic heterocycles. The molecule has 5 nitrogen and oxygen atoms in total. The molecule has 1 aromatic rings. The largest absolute Gasteiger partial charge is 0.343 e. The van der Waals surface area contributed by atoms with Crippen molar-refractivity contribution in [2.24, 2.45) is 0 Å². The Morgan fingerprint density at radius 3 is 2.94 bits per heavy atom. The molecule has 2 heterocycles. The fourth-order valence-corrected chi connectivity index (χ4v) is 2.41. The average Bonchev–Trinajstić information content (AvgIpc) is 2.93. The van der Waals surface area contributed by atoms with Gasteiger partial charge in [0.05, 0.1) is 6.07 Å². The third kappa shape index (κ3) is 3.10. The number of amides is 1. The van der Waals surface area contributed by atoms with Gasteiger partial charge in [0.15, 0.2) is 0 Å². The highest BCUT2D eigenvalue weighted by atomic mass is 16.2. The second kappa shape index (κ2) is 6.20. The second-order valence-electron chi connectivity index (χ2n) is 4.68. The number of carbonyl (C=O) groups is 1. The van der Waals surface area contributed by atoms with Crippen molar-refractivity contribution in [1.29, 1.82) is 5.26 Å². The molecule has 0 saturated carbocycles. The zero-order chi connectivity index (χ0) is 12.8. The van der Waals surface area contributed by atoms with Crippen LogP contribution < -0.4 is 0 Å². The molecule has 1 aliphatic rings. The number of hydrogen-bond donors (Lipinski definition) is 1. The number of likely N-dealkylation sites (tertiary alicyclic amines) is 1.